The standard InChI is InChI=1S/C22H31N5O/c1-17-5-6-19(25-14-17)22(7-9-23-10-8-22)16-27-12-3-4-18(15-27)20(28)21-24-11-13-26(21)2/h5-6,11,13-14,18,23H,3-4,7-10,12,15-16H2,1-2H3/t18-/m0/s1. The SMILES string of the molecule is Cc1ccc(C2(CN3CCC[C@H](C(=O)c4nccn4C)C3)CCNCC2)nc1. The molecule has 1 N–H and O–H groups in total. The highest BCUT2D eigenvalue weighted by Crippen LogP contribution is 2.35. The summed E-state index contributed by atoms with van der Waals surface area (Å²) in [5, 5.41) is 3.50. The highest BCUT2D eigenvalue weighted by atomic mass is 16.1. The van der Waals surface area contributed by atoms with E-state index >= 15 is 0 Å². The minimum absolute atomic E-state index is 0.0413. The number of carbonyl (C=O) groups excluding carboxylic acids is 1. The fourth-order valence-electron chi connectivity index (χ4n) is 4.81. The number of piperidine rings is 2. The first-order valence-electron chi connectivity index (χ1n) is 10.5. The minimum atomic E-state index is 0.0413. The Kier molecular flexibility index (Phi) is 5.60. The van der Waals surface area contributed by atoms with Crippen molar-refractivity contribution in [3.8, 4) is 0 Å². The summed E-state index contributed by atoms with van der Waals surface area (Å²) < 4.78 is 1.84. The van der Waals surface area contributed by atoms with Crippen molar-refractivity contribution in [3.05, 3.63) is 47.8 Å². The van der Waals surface area contributed by atoms with Gasteiger partial charge in [-0.05, 0) is 63.9 Å². The van der Waals surface area contributed by atoms with Crippen LogP contribution in [0.1, 0.15) is 47.6 Å². The summed E-state index contributed by atoms with van der Waals surface area (Å²) in [5.74, 6) is 0.813. The highest BCUT2D eigenvalue weighted by Gasteiger charge is 2.39. The van der Waals surface area contributed by atoms with Crippen molar-refractivity contribution in [2.75, 3.05) is 32.7 Å². The molecule has 0 bridgehead atoms. The van der Waals surface area contributed by atoms with Gasteiger partial charge in [0.1, 0.15) is 0 Å². The van der Waals surface area contributed by atoms with Gasteiger partial charge in [-0.15, -0.1) is 0 Å². The molecule has 0 aromatic carbocycles. The number of rotatable bonds is 5. The quantitative estimate of drug-likeness (QED) is 0.806. The first-order valence-corrected chi connectivity index (χ1v) is 10.5. The Labute approximate surface area is 167 Å². The molecule has 0 amide bonds. The summed E-state index contributed by atoms with van der Waals surface area (Å²) >= 11 is 0. The summed E-state index contributed by atoms with van der Waals surface area (Å²) in [4.78, 5) is 24.6. The first-order chi connectivity index (χ1) is 13.6. The number of likely N-dealkylation sites (tertiary alicyclic amines) is 1. The molecule has 150 valence electrons. The van der Waals surface area contributed by atoms with Gasteiger partial charge in [0.2, 0.25) is 5.78 Å². The molecule has 0 unspecified atom stereocenters. The van der Waals surface area contributed by atoms with E-state index in [0.29, 0.717) is 5.82 Å². The van der Waals surface area contributed by atoms with Crippen LogP contribution in [0.25, 0.3) is 0 Å². The number of imidazole rings is 1. The van der Waals surface area contributed by atoms with Crippen molar-refractivity contribution in [3.63, 3.8) is 0 Å². The molecule has 2 aliphatic heterocycles. The molecular formula is C22H31N5O. The molecule has 1 atom stereocenters. The largest absolute Gasteiger partial charge is 0.332 e. The number of hydrogen-bond donors (Lipinski definition) is 1. The molecule has 0 aliphatic carbocycles. The molecule has 2 fully saturated rings. The Bertz CT molecular complexity index is 807. The molecule has 4 heterocycles. The smallest absolute Gasteiger partial charge is 0.202 e. The van der Waals surface area contributed by atoms with Crippen LogP contribution in [0.3, 0.4) is 0 Å². The fourth-order valence-corrected chi connectivity index (χ4v) is 4.81. The van der Waals surface area contributed by atoms with Crippen LogP contribution in [-0.4, -0.2) is 57.9 Å². The van der Waals surface area contributed by atoms with Crippen LogP contribution in [-0.2, 0) is 12.5 Å². The van der Waals surface area contributed by atoms with Crippen LogP contribution in [0.2, 0.25) is 0 Å². The van der Waals surface area contributed by atoms with Gasteiger partial charge in [0.15, 0.2) is 5.82 Å². The third kappa shape index (κ3) is 3.89. The number of nitrogens with one attached hydrogen (secondary N) is 1. The lowest BCUT2D eigenvalue weighted by molar-refractivity contribution is 0.0749. The van der Waals surface area contributed by atoms with Gasteiger partial charge in [0.25, 0.3) is 0 Å². The number of carbonyl (C=O) groups is 1. The van der Waals surface area contributed by atoms with Gasteiger partial charge in [-0.2, -0.15) is 0 Å². The molecule has 0 saturated carbocycles. The second-order valence-corrected chi connectivity index (χ2v) is 8.55. The summed E-state index contributed by atoms with van der Waals surface area (Å²) in [6.45, 7) is 7.01. The molecule has 2 aromatic heterocycles. The van der Waals surface area contributed by atoms with Crippen molar-refractivity contribution in [1.82, 2.24) is 24.8 Å². The molecule has 2 aliphatic rings. The number of Topliss-reactive ketones (excluding diaryl/α,β-unsaturated/α-hetero) is 1. The van der Waals surface area contributed by atoms with E-state index in [4.69, 9.17) is 4.98 Å². The maximum atomic E-state index is 13.0. The predicted octanol–water partition coefficient (Wildman–Crippen LogP) is 2.34. The normalized spacial score (nSPS) is 22.9. The molecule has 0 radical (unpaired) electrons. The van der Waals surface area contributed by atoms with Gasteiger partial charge in [0, 0.05) is 55.8 Å². The third-order valence-corrected chi connectivity index (χ3v) is 6.46. The zero-order valence-electron chi connectivity index (χ0n) is 17.0. The fraction of sp³-hybridized carbons (Fsp3) is 0.591. The Morgan fingerprint density at radius 1 is 1.29 bits per heavy atom. The van der Waals surface area contributed by atoms with Crippen molar-refractivity contribution < 1.29 is 4.79 Å². The molecule has 0 spiro atoms. The van der Waals surface area contributed by atoms with E-state index in [9.17, 15) is 4.79 Å². The van der Waals surface area contributed by atoms with Gasteiger partial charge in [-0.1, -0.05) is 6.07 Å². The molecule has 28 heavy (non-hydrogen) atoms. The summed E-state index contributed by atoms with van der Waals surface area (Å²) in [5.41, 5.74) is 2.48. The monoisotopic (exact) mass is 381 g/mol. The molecule has 2 aromatic rings. The Balaban J connectivity index is 1.51. The lowest BCUT2D eigenvalue weighted by Crippen LogP contribution is -2.51. The van der Waals surface area contributed by atoms with E-state index in [2.05, 4.69) is 34.3 Å². The van der Waals surface area contributed by atoms with Gasteiger partial charge in [-0.3, -0.25) is 9.78 Å². The van der Waals surface area contributed by atoms with Gasteiger partial charge in [0.05, 0.1) is 0 Å². The maximum absolute atomic E-state index is 13.0. The van der Waals surface area contributed by atoms with Crippen LogP contribution in [0, 0.1) is 12.8 Å². The van der Waals surface area contributed by atoms with E-state index in [0.717, 1.165) is 58.4 Å². The number of hydrogen-bond acceptors (Lipinski definition) is 5. The Morgan fingerprint density at radius 3 is 2.79 bits per heavy atom. The second-order valence-electron chi connectivity index (χ2n) is 8.55. The zero-order valence-corrected chi connectivity index (χ0v) is 17.0. The van der Waals surface area contributed by atoms with E-state index in [1.54, 1.807) is 6.20 Å². The van der Waals surface area contributed by atoms with Crippen LogP contribution >= 0.6 is 0 Å². The third-order valence-electron chi connectivity index (χ3n) is 6.46. The number of pyridine rings is 1. The Hall–Kier alpha value is -2.05. The lowest BCUT2D eigenvalue weighted by Gasteiger charge is -2.43. The summed E-state index contributed by atoms with van der Waals surface area (Å²) in [6, 6.07) is 4.39. The average Bonchev–Trinajstić information content (AvgIpc) is 3.14. The van der Waals surface area contributed by atoms with Gasteiger partial charge >= 0.3 is 0 Å². The molecule has 6 nitrogen and oxygen atoms in total. The van der Waals surface area contributed by atoms with Gasteiger partial charge < -0.3 is 14.8 Å². The zero-order chi connectivity index (χ0) is 19.6. The van der Waals surface area contributed by atoms with Crippen LogP contribution in [0.15, 0.2) is 30.7 Å². The summed E-state index contributed by atoms with van der Waals surface area (Å²) in [6.07, 6.45) is 9.76. The molecular weight excluding hydrogens is 350 g/mol. The lowest BCUT2D eigenvalue weighted by atomic mass is 9.74. The van der Waals surface area contributed by atoms with Crippen molar-refractivity contribution in [2.24, 2.45) is 13.0 Å². The second kappa shape index (κ2) is 8.13. The molecule has 4 rings (SSSR count). The summed E-state index contributed by atoms with van der Waals surface area (Å²) in [7, 11) is 1.90. The van der Waals surface area contributed by atoms with E-state index < -0.39 is 0 Å². The maximum Gasteiger partial charge on any atom is 0.202 e. The van der Waals surface area contributed by atoms with Crippen LogP contribution in [0.5, 0.6) is 0 Å². The highest BCUT2D eigenvalue weighted by molar-refractivity contribution is 5.94. The van der Waals surface area contributed by atoms with Gasteiger partial charge in [-0.25, -0.2) is 4.98 Å². The molecule has 6 heteroatoms. The predicted molar refractivity (Wildman–Crippen MR) is 109 cm³/mol. The first kappa shape index (κ1) is 19.3. The topological polar surface area (TPSA) is 63.1 Å². The number of aryl methyl sites for hydroxylation is 2. The van der Waals surface area contributed by atoms with E-state index in [1.807, 2.05) is 24.0 Å². The van der Waals surface area contributed by atoms with E-state index in [-0.39, 0.29) is 17.1 Å². The number of aromatic nitrogens is 3. The van der Waals surface area contributed by atoms with Crippen molar-refractivity contribution >= 4 is 5.78 Å². The minimum Gasteiger partial charge on any atom is -0.332 e. The van der Waals surface area contributed by atoms with Crippen molar-refractivity contribution in [2.45, 2.75) is 38.0 Å². The van der Waals surface area contributed by atoms with Crippen LogP contribution in [0.4, 0.5) is 0 Å². The van der Waals surface area contributed by atoms with Crippen molar-refractivity contribution in [1.29, 1.82) is 0 Å². The van der Waals surface area contributed by atoms with Crippen LogP contribution < -0.4 is 5.32 Å². The Morgan fingerprint density at radius 2 is 2.11 bits per heavy atom. The van der Waals surface area contributed by atoms with E-state index in [1.165, 1.54) is 11.3 Å². The average molecular weight is 382 g/mol. The molecule has 2 saturated heterocycles. The number of nitrogens with zero attached hydrogens (tertiary/aromatic N) is 4. The number of ketones is 1.